The average molecular weight is 211 g/mol. The Hall–Kier alpha value is -1.12. The number of nitrogens with one attached hydrogen (secondary N) is 2. The largest absolute Gasteiger partial charge is 0.381 e. The van der Waals surface area contributed by atoms with Gasteiger partial charge in [-0.1, -0.05) is 0 Å². The second kappa shape index (κ2) is 6.38. The summed E-state index contributed by atoms with van der Waals surface area (Å²) in [5.41, 5.74) is 0. The van der Waals surface area contributed by atoms with Gasteiger partial charge in [-0.05, 0) is 19.3 Å². The molecule has 0 aliphatic heterocycles. The highest BCUT2D eigenvalue weighted by atomic mass is 16.5. The van der Waals surface area contributed by atoms with Crippen LogP contribution in [0.15, 0.2) is 0 Å². The number of amides is 1. The van der Waals surface area contributed by atoms with Crippen LogP contribution in [0.2, 0.25) is 0 Å². The average Bonchev–Trinajstić information content (AvgIpc) is 2.71. The second-order valence-electron chi connectivity index (χ2n) is 3.68. The van der Waals surface area contributed by atoms with Crippen molar-refractivity contribution in [1.29, 1.82) is 5.26 Å². The van der Waals surface area contributed by atoms with Crippen molar-refractivity contribution < 1.29 is 9.53 Å². The Balaban J connectivity index is 2.10. The van der Waals surface area contributed by atoms with Crippen molar-refractivity contribution in [1.82, 2.24) is 10.6 Å². The van der Waals surface area contributed by atoms with E-state index in [2.05, 4.69) is 10.6 Å². The fourth-order valence-electron chi connectivity index (χ4n) is 1.78. The van der Waals surface area contributed by atoms with Gasteiger partial charge in [-0.25, -0.2) is 0 Å². The maximum Gasteiger partial charge on any atom is 0.234 e. The van der Waals surface area contributed by atoms with Crippen molar-refractivity contribution in [3.8, 4) is 6.07 Å². The molecule has 0 saturated heterocycles. The predicted molar refractivity (Wildman–Crippen MR) is 55.1 cm³/mol. The van der Waals surface area contributed by atoms with E-state index in [0.717, 1.165) is 19.3 Å². The molecule has 84 valence electrons. The lowest BCUT2D eigenvalue weighted by atomic mass is 10.2. The van der Waals surface area contributed by atoms with Crippen LogP contribution >= 0.6 is 0 Å². The number of hydrogen-bond donors (Lipinski definition) is 2. The minimum absolute atomic E-state index is 0.0753. The molecule has 0 radical (unpaired) electrons. The molecular weight excluding hydrogens is 194 g/mol. The summed E-state index contributed by atoms with van der Waals surface area (Å²) in [5.74, 6) is -0.127. The van der Waals surface area contributed by atoms with Gasteiger partial charge in [-0.15, -0.1) is 0 Å². The Labute approximate surface area is 89.8 Å². The standard InChI is InChI=1S/C10H17N3O2/c1-15-9-3-2-8(6-9)13-7-10(14)12-5-4-11/h8-9,13H,2-3,5-7H2,1H3,(H,12,14). The summed E-state index contributed by atoms with van der Waals surface area (Å²) in [4.78, 5) is 11.2. The van der Waals surface area contributed by atoms with E-state index >= 15 is 0 Å². The van der Waals surface area contributed by atoms with Crippen LogP contribution in [0.25, 0.3) is 0 Å². The van der Waals surface area contributed by atoms with Crippen molar-refractivity contribution in [2.75, 3.05) is 20.2 Å². The van der Waals surface area contributed by atoms with Crippen LogP contribution in [-0.4, -0.2) is 38.3 Å². The van der Waals surface area contributed by atoms with Crippen molar-refractivity contribution >= 4 is 5.91 Å². The first-order valence-corrected chi connectivity index (χ1v) is 5.16. The van der Waals surface area contributed by atoms with Gasteiger partial charge in [-0.3, -0.25) is 4.79 Å². The summed E-state index contributed by atoms with van der Waals surface area (Å²) in [6.45, 7) is 0.356. The van der Waals surface area contributed by atoms with Crippen LogP contribution in [0, 0.1) is 11.3 Å². The summed E-state index contributed by atoms with van der Waals surface area (Å²) >= 11 is 0. The van der Waals surface area contributed by atoms with Gasteiger partial charge >= 0.3 is 0 Å². The van der Waals surface area contributed by atoms with Gasteiger partial charge in [0.05, 0.1) is 18.7 Å². The molecule has 0 aromatic carbocycles. The molecule has 0 aromatic rings. The van der Waals surface area contributed by atoms with Crippen molar-refractivity contribution in [2.45, 2.75) is 31.4 Å². The van der Waals surface area contributed by atoms with Crippen molar-refractivity contribution in [3.05, 3.63) is 0 Å². The molecule has 0 bridgehead atoms. The zero-order valence-corrected chi connectivity index (χ0v) is 8.95. The van der Waals surface area contributed by atoms with E-state index in [4.69, 9.17) is 10.00 Å². The van der Waals surface area contributed by atoms with Crippen LogP contribution in [0.1, 0.15) is 19.3 Å². The third-order valence-corrected chi connectivity index (χ3v) is 2.63. The third-order valence-electron chi connectivity index (χ3n) is 2.63. The fraction of sp³-hybridized carbons (Fsp3) is 0.800. The topological polar surface area (TPSA) is 74.2 Å². The number of nitrogens with zero attached hydrogens (tertiary/aromatic N) is 1. The summed E-state index contributed by atoms with van der Waals surface area (Å²) in [6.07, 6.45) is 3.38. The maximum atomic E-state index is 11.2. The SMILES string of the molecule is COC1CCC(NCC(=O)NCC#N)C1. The van der Waals surface area contributed by atoms with Gasteiger partial charge in [0.15, 0.2) is 0 Å². The first-order chi connectivity index (χ1) is 7.26. The number of hydrogen-bond acceptors (Lipinski definition) is 4. The number of ether oxygens (including phenoxy) is 1. The van der Waals surface area contributed by atoms with Crippen LogP contribution in [0.5, 0.6) is 0 Å². The third kappa shape index (κ3) is 4.28. The molecule has 1 aliphatic rings. The molecule has 0 spiro atoms. The molecule has 5 nitrogen and oxygen atoms in total. The van der Waals surface area contributed by atoms with Gasteiger partial charge in [0, 0.05) is 13.2 Å². The highest BCUT2D eigenvalue weighted by Gasteiger charge is 2.24. The van der Waals surface area contributed by atoms with Crippen LogP contribution in [0.4, 0.5) is 0 Å². The Morgan fingerprint density at radius 1 is 1.60 bits per heavy atom. The van der Waals surface area contributed by atoms with Crippen LogP contribution in [-0.2, 0) is 9.53 Å². The van der Waals surface area contributed by atoms with Gasteiger partial charge in [0.25, 0.3) is 0 Å². The quantitative estimate of drug-likeness (QED) is 0.617. The summed E-state index contributed by atoms with van der Waals surface area (Å²) in [7, 11) is 1.71. The van der Waals surface area contributed by atoms with E-state index in [1.807, 2.05) is 6.07 Å². The Kier molecular flexibility index (Phi) is 5.08. The summed E-state index contributed by atoms with van der Waals surface area (Å²) in [6, 6.07) is 2.23. The number of carbonyl (C=O) groups is 1. The van der Waals surface area contributed by atoms with E-state index in [9.17, 15) is 4.79 Å². The zero-order valence-electron chi connectivity index (χ0n) is 8.95. The Morgan fingerprint density at radius 3 is 3.00 bits per heavy atom. The molecule has 0 aromatic heterocycles. The lowest BCUT2D eigenvalue weighted by Gasteiger charge is -2.11. The van der Waals surface area contributed by atoms with Gasteiger partial charge in [-0.2, -0.15) is 5.26 Å². The first kappa shape index (κ1) is 12.0. The highest BCUT2D eigenvalue weighted by molar-refractivity contribution is 5.78. The monoisotopic (exact) mass is 211 g/mol. The van der Waals surface area contributed by atoms with Crippen LogP contribution < -0.4 is 10.6 Å². The molecule has 0 heterocycles. The molecular formula is C10H17N3O2. The van der Waals surface area contributed by atoms with E-state index in [-0.39, 0.29) is 19.0 Å². The molecule has 2 N–H and O–H groups in total. The molecule has 5 heteroatoms. The molecule has 15 heavy (non-hydrogen) atoms. The molecule has 1 saturated carbocycles. The molecule has 1 amide bonds. The lowest BCUT2D eigenvalue weighted by Crippen LogP contribution is -2.38. The lowest BCUT2D eigenvalue weighted by molar-refractivity contribution is -0.120. The number of carbonyl (C=O) groups excluding carboxylic acids is 1. The van der Waals surface area contributed by atoms with Gasteiger partial charge in [0.1, 0.15) is 6.54 Å². The number of rotatable bonds is 5. The van der Waals surface area contributed by atoms with E-state index < -0.39 is 0 Å². The number of nitriles is 1. The van der Waals surface area contributed by atoms with E-state index in [1.165, 1.54) is 0 Å². The maximum absolute atomic E-state index is 11.2. The summed E-state index contributed by atoms with van der Waals surface area (Å²) < 4.78 is 5.23. The predicted octanol–water partition coefficient (Wildman–Crippen LogP) is -0.217. The molecule has 1 fully saturated rings. The van der Waals surface area contributed by atoms with Gasteiger partial charge < -0.3 is 15.4 Å². The zero-order chi connectivity index (χ0) is 11.1. The van der Waals surface area contributed by atoms with E-state index in [0.29, 0.717) is 12.1 Å². The Bertz CT molecular complexity index is 250. The normalized spacial score (nSPS) is 24.8. The molecule has 2 atom stereocenters. The number of methoxy groups -OCH3 is 1. The molecule has 1 rings (SSSR count). The smallest absolute Gasteiger partial charge is 0.234 e. The molecule has 1 aliphatic carbocycles. The van der Waals surface area contributed by atoms with E-state index in [1.54, 1.807) is 7.11 Å². The fourth-order valence-corrected chi connectivity index (χ4v) is 1.78. The second-order valence-corrected chi connectivity index (χ2v) is 3.68. The van der Waals surface area contributed by atoms with Gasteiger partial charge in [0.2, 0.25) is 5.91 Å². The molecule has 2 unspecified atom stereocenters. The summed E-state index contributed by atoms with van der Waals surface area (Å²) in [5, 5.41) is 13.9. The highest BCUT2D eigenvalue weighted by Crippen LogP contribution is 2.20. The van der Waals surface area contributed by atoms with Crippen molar-refractivity contribution in [2.24, 2.45) is 0 Å². The minimum atomic E-state index is -0.127. The first-order valence-electron chi connectivity index (χ1n) is 5.16. The van der Waals surface area contributed by atoms with Crippen LogP contribution in [0.3, 0.4) is 0 Å². The Morgan fingerprint density at radius 2 is 2.40 bits per heavy atom. The minimum Gasteiger partial charge on any atom is -0.381 e. The van der Waals surface area contributed by atoms with Crippen molar-refractivity contribution in [3.63, 3.8) is 0 Å².